The highest BCUT2D eigenvalue weighted by atomic mass is 16.3. The first-order chi connectivity index (χ1) is 11.7. The topological polar surface area (TPSA) is 55.8 Å². The van der Waals surface area contributed by atoms with Gasteiger partial charge in [-0.2, -0.15) is 0 Å². The SMILES string of the molecule is CN1c2ccc(NC(=O)c3ccc(C(C)(C)C)cc3)cc2N(C)C1O. The van der Waals surface area contributed by atoms with Crippen molar-refractivity contribution < 1.29 is 9.90 Å². The highest BCUT2D eigenvalue weighted by Crippen LogP contribution is 2.38. The van der Waals surface area contributed by atoms with E-state index in [0.29, 0.717) is 11.3 Å². The largest absolute Gasteiger partial charge is 0.356 e. The Morgan fingerprint density at radius 1 is 1.00 bits per heavy atom. The van der Waals surface area contributed by atoms with E-state index in [2.05, 4.69) is 26.1 Å². The lowest BCUT2D eigenvalue weighted by Gasteiger charge is -2.21. The van der Waals surface area contributed by atoms with Crippen molar-refractivity contribution in [3.63, 3.8) is 0 Å². The molecule has 1 heterocycles. The number of hydrogen-bond donors (Lipinski definition) is 2. The van der Waals surface area contributed by atoms with Crippen LogP contribution < -0.4 is 15.1 Å². The molecule has 1 atom stereocenters. The summed E-state index contributed by atoms with van der Waals surface area (Å²) in [6, 6.07) is 13.3. The van der Waals surface area contributed by atoms with Gasteiger partial charge in [-0.3, -0.25) is 4.79 Å². The van der Waals surface area contributed by atoms with Crippen LogP contribution in [-0.4, -0.2) is 31.5 Å². The fraction of sp³-hybridized carbons (Fsp3) is 0.350. The van der Waals surface area contributed by atoms with Crippen LogP contribution in [0.15, 0.2) is 42.5 Å². The summed E-state index contributed by atoms with van der Waals surface area (Å²) in [5, 5.41) is 13.0. The van der Waals surface area contributed by atoms with Crippen LogP contribution in [-0.2, 0) is 5.41 Å². The van der Waals surface area contributed by atoms with Gasteiger partial charge in [0.25, 0.3) is 5.91 Å². The standard InChI is InChI=1S/C20H25N3O2/c1-20(2,3)14-8-6-13(7-9-14)18(24)21-15-10-11-16-17(12-15)23(5)19(25)22(16)4/h6-12,19,25H,1-5H3,(H,21,24). The summed E-state index contributed by atoms with van der Waals surface area (Å²) in [4.78, 5) is 16.1. The van der Waals surface area contributed by atoms with E-state index in [-0.39, 0.29) is 11.3 Å². The molecule has 5 nitrogen and oxygen atoms in total. The summed E-state index contributed by atoms with van der Waals surface area (Å²) < 4.78 is 0. The van der Waals surface area contributed by atoms with Crippen molar-refractivity contribution in [3.05, 3.63) is 53.6 Å². The summed E-state index contributed by atoms with van der Waals surface area (Å²) in [7, 11) is 3.66. The minimum atomic E-state index is -0.689. The number of aliphatic hydroxyl groups excluding tert-OH is 1. The van der Waals surface area contributed by atoms with Gasteiger partial charge in [-0.15, -0.1) is 0 Å². The van der Waals surface area contributed by atoms with Crippen LogP contribution in [0, 0.1) is 0 Å². The molecular formula is C20H25N3O2. The van der Waals surface area contributed by atoms with E-state index < -0.39 is 6.35 Å². The van der Waals surface area contributed by atoms with Crippen LogP contribution in [0.2, 0.25) is 0 Å². The molecule has 5 heteroatoms. The van der Waals surface area contributed by atoms with E-state index in [4.69, 9.17) is 0 Å². The Labute approximate surface area is 148 Å². The van der Waals surface area contributed by atoms with E-state index in [0.717, 1.165) is 11.4 Å². The number of nitrogens with one attached hydrogen (secondary N) is 1. The van der Waals surface area contributed by atoms with Crippen LogP contribution in [0.1, 0.15) is 36.7 Å². The molecule has 1 aliphatic rings. The Morgan fingerprint density at radius 3 is 2.20 bits per heavy atom. The van der Waals surface area contributed by atoms with Crippen LogP contribution in [0.3, 0.4) is 0 Å². The number of amides is 1. The van der Waals surface area contributed by atoms with Gasteiger partial charge in [0.1, 0.15) is 0 Å². The van der Waals surface area contributed by atoms with Crippen LogP contribution in [0.5, 0.6) is 0 Å². The second-order valence-corrected chi connectivity index (χ2v) is 7.55. The first-order valence-corrected chi connectivity index (χ1v) is 8.38. The number of anilines is 3. The summed E-state index contributed by atoms with van der Waals surface area (Å²) in [5.74, 6) is -0.144. The van der Waals surface area contributed by atoms with Gasteiger partial charge in [0.2, 0.25) is 6.35 Å². The van der Waals surface area contributed by atoms with Gasteiger partial charge < -0.3 is 20.2 Å². The second-order valence-electron chi connectivity index (χ2n) is 7.55. The Morgan fingerprint density at radius 2 is 1.60 bits per heavy atom. The Kier molecular flexibility index (Phi) is 4.21. The van der Waals surface area contributed by atoms with E-state index in [1.807, 2.05) is 56.6 Å². The lowest BCUT2D eigenvalue weighted by Crippen LogP contribution is -2.38. The highest BCUT2D eigenvalue weighted by molar-refractivity contribution is 6.04. The molecule has 0 saturated heterocycles. The second kappa shape index (κ2) is 6.08. The van der Waals surface area contributed by atoms with Crippen molar-refractivity contribution in [2.45, 2.75) is 32.5 Å². The highest BCUT2D eigenvalue weighted by Gasteiger charge is 2.29. The van der Waals surface area contributed by atoms with Crippen LogP contribution in [0.4, 0.5) is 17.1 Å². The van der Waals surface area contributed by atoms with Gasteiger partial charge in [-0.1, -0.05) is 32.9 Å². The number of rotatable bonds is 2. The molecule has 0 radical (unpaired) electrons. The van der Waals surface area contributed by atoms with Crippen molar-refractivity contribution in [3.8, 4) is 0 Å². The van der Waals surface area contributed by atoms with E-state index in [1.54, 1.807) is 9.80 Å². The first kappa shape index (κ1) is 17.3. The zero-order valence-electron chi connectivity index (χ0n) is 15.4. The minimum absolute atomic E-state index is 0.0619. The van der Waals surface area contributed by atoms with Gasteiger partial charge in [-0.05, 0) is 41.3 Å². The number of hydrogen-bond acceptors (Lipinski definition) is 4. The van der Waals surface area contributed by atoms with Crippen molar-refractivity contribution in [1.82, 2.24) is 0 Å². The molecule has 25 heavy (non-hydrogen) atoms. The molecule has 2 aromatic carbocycles. The van der Waals surface area contributed by atoms with Gasteiger partial charge in [0.15, 0.2) is 0 Å². The van der Waals surface area contributed by atoms with Crippen molar-refractivity contribution in [2.24, 2.45) is 0 Å². The maximum Gasteiger partial charge on any atom is 0.255 e. The fourth-order valence-corrected chi connectivity index (χ4v) is 3.02. The zero-order valence-corrected chi connectivity index (χ0v) is 15.4. The Balaban J connectivity index is 1.78. The van der Waals surface area contributed by atoms with E-state index in [1.165, 1.54) is 5.56 Å². The number of fused-ring (bicyclic) bond motifs is 1. The molecule has 0 saturated carbocycles. The summed E-state index contributed by atoms with van der Waals surface area (Å²) in [5.41, 5.74) is 4.41. The number of aliphatic hydroxyl groups is 1. The summed E-state index contributed by atoms with van der Waals surface area (Å²) >= 11 is 0. The van der Waals surface area contributed by atoms with Crippen molar-refractivity contribution >= 4 is 23.0 Å². The van der Waals surface area contributed by atoms with E-state index in [9.17, 15) is 9.90 Å². The van der Waals surface area contributed by atoms with Crippen molar-refractivity contribution in [2.75, 3.05) is 29.2 Å². The van der Waals surface area contributed by atoms with Gasteiger partial charge in [0.05, 0.1) is 11.4 Å². The molecule has 0 bridgehead atoms. The molecule has 0 fully saturated rings. The van der Waals surface area contributed by atoms with Gasteiger partial charge >= 0.3 is 0 Å². The average Bonchev–Trinajstić information content (AvgIpc) is 2.78. The molecule has 1 amide bonds. The lowest BCUT2D eigenvalue weighted by atomic mass is 9.87. The molecule has 0 spiro atoms. The summed E-state index contributed by atoms with van der Waals surface area (Å²) in [6.45, 7) is 6.44. The fourth-order valence-electron chi connectivity index (χ4n) is 3.02. The monoisotopic (exact) mass is 339 g/mol. The molecule has 2 N–H and O–H groups in total. The number of nitrogens with zero attached hydrogens (tertiary/aromatic N) is 2. The third-order valence-corrected chi connectivity index (χ3v) is 4.70. The third kappa shape index (κ3) is 3.20. The van der Waals surface area contributed by atoms with Crippen LogP contribution in [0.25, 0.3) is 0 Å². The Hall–Kier alpha value is -2.53. The van der Waals surface area contributed by atoms with E-state index >= 15 is 0 Å². The predicted octanol–water partition coefficient (Wildman–Crippen LogP) is 3.40. The molecule has 1 aliphatic heterocycles. The third-order valence-electron chi connectivity index (χ3n) is 4.70. The summed E-state index contributed by atoms with van der Waals surface area (Å²) in [6.07, 6.45) is -0.689. The molecule has 132 valence electrons. The lowest BCUT2D eigenvalue weighted by molar-refractivity contribution is 0.102. The maximum atomic E-state index is 12.5. The normalized spacial score (nSPS) is 16.8. The van der Waals surface area contributed by atoms with Crippen LogP contribution >= 0.6 is 0 Å². The number of carbonyl (C=O) groups excluding carboxylic acids is 1. The Bertz CT molecular complexity index is 794. The molecule has 0 aliphatic carbocycles. The molecule has 2 aromatic rings. The maximum absolute atomic E-state index is 12.5. The first-order valence-electron chi connectivity index (χ1n) is 8.38. The molecule has 3 rings (SSSR count). The quantitative estimate of drug-likeness (QED) is 0.880. The number of benzene rings is 2. The van der Waals surface area contributed by atoms with Gasteiger partial charge in [-0.25, -0.2) is 0 Å². The van der Waals surface area contributed by atoms with Gasteiger partial charge in [0, 0.05) is 25.3 Å². The predicted molar refractivity (Wildman–Crippen MR) is 102 cm³/mol. The molecule has 0 aromatic heterocycles. The molecular weight excluding hydrogens is 314 g/mol. The minimum Gasteiger partial charge on any atom is -0.356 e. The zero-order chi connectivity index (χ0) is 18.4. The van der Waals surface area contributed by atoms with Crippen molar-refractivity contribution in [1.29, 1.82) is 0 Å². The molecule has 1 unspecified atom stereocenters. The number of carbonyl (C=O) groups is 1. The average molecular weight is 339 g/mol. The smallest absolute Gasteiger partial charge is 0.255 e.